The molecule has 1 saturated heterocycles. The fraction of sp³-hybridized carbons (Fsp3) is 0.385. The summed E-state index contributed by atoms with van der Waals surface area (Å²) in [5, 5.41) is 9.90. The second kappa shape index (κ2) is 5.61. The van der Waals surface area contributed by atoms with Crippen molar-refractivity contribution in [1.82, 2.24) is 0 Å². The van der Waals surface area contributed by atoms with Gasteiger partial charge in [-0.15, -0.1) is 0 Å². The standard InChI is InChI=1S/C13H14BrNO4/c1-19-11-3-2-9(5-10(11)13(17)18)15-7-8(6-14)4-12(15)16/h2-3,5,8H,4,6-7H2,1H3,(H,17,18). The van der Waals surface area contributed by atoms with Gasteiger partial charge in [-0.25, -0.2) is 4.79 Å². The number of carboxylic acids is 1. The van der Waals surface area contributed by atoms with Gasteiger partial charge in [0, 0.05) is 24.0 Å². The summed E-state index contributed by atoms with van der Waals surface area (Å²) in [6.07, 6.45) is 0.486. The monoisotopic (exact) mass is 327 g/mol. The van der Waals surface area contributed by atoms with Crippen molar-refractivity contribution >= 4 is 33.5 Å². The Morgan fingerprint density at radius 1 is 1.58 bits per heavy atom. The summed E-state index contributed by atoms with van der Waals surface area (Å²) in [5.74, 6) is -0.490. The fourth-order valence-electron chi connectivity index (χ4n) is 2.17. The van der Waals surface area contributed by atoms with E-state index in [0.717, 1.165) is 5.33 Å². The van der Waals surface area contributed by atoms with Crippen molar-refractivity contribution in [2.24, 2.45) is 5.92 Å². The first-order valence-electron chi connectivity index (χ1n) is 5.84. The van der Waals surface area contributed by atoms with Crippen molar-refractivity contribution in [1.29, 1.82) is 0 Å². The van der Waals surface area contributed by atoms with Crippen molar-refractivity contribution < 1.29 is 19.4 Å². The Morgan fingerprint density at radius 2 is 2.32 bits per heavy atom. The number of ether oxygens (including phenoxy) is 1. The molecule has 1 atom stereocenters. The van der Waals surface area contributed by atoms with Crippen LogP contribution in [0.25, 0.3) is 0 Å². The molecule has 0 aromatic heterocycles. The number of amides is 1. The molecule has 0 aliphatic carbocycles. The average Bonchev–Trinajstić information content (AvgIpc) is 2.79. The minimum atomic E-state index is -1.07. The van der Waals surface area contributed by atoms with Crippen LogP contribution in [0.3, 0.4) is 0 Å². The molecular weight excluding hydrogens is 314 g/mol. The quantitative estimate of drug-likeness (QED) is 0.860. The van der Waals surface area contributed by atoms with Crippen LogP contribution < -0.4 is 9.64 Å². The molecule has 1 heterocycles. The normalized spacial score (nSPS) is 18.7. The molecule has 1 aromatic carbocycles. The van der Waals surface area contributed by atoms with Crippen molar-refractivity contribution in [3.8, 4) is 5.75 Å². The summed E-state index contributed by atoms with van der Waals surface area (Å²) >= 11 is 3.37. The summed E-state index contributed by atoms with van der Waals surface area (Å²) in [4.78, 5) is 24.7. The summed E-state index contributed by atoms with van der Waals surface area (Å²) in [7, 11) is 1.42. The summed E-state index contributed by atoms with van der Waals surface area (Å²) in [6, 6.07) is 4.77. The van der Waals surface area contributed by atoms with Crippen molar-refractivity contribution in [3.63, 3.8) is 0 Å². The van der Waals surface area contributed by atoms with Gasteiger partial charge in [0.05, 0.1) is 7.11 Å². The molecule has 5 nitrogen and oxygen atoms in total. The molecule has 0 saturated carbocycles. The van der Waals surface area contributed by atoms with E-state index in [1.165, 1.54) is 13.2 Å². The van der Waals surface area contributed by atoms with Crippen LogP contribution in [0.15, 0.2) is 18.2 Å². The number of halogens is 1. The van der Waals surface area contributed by atoms with Crippen molar-refractivity contribution in [2.75, 3.05) is 23.9 Å². The molecule has 0 bridgehead atoms. The maximum Gasteiger partial charge on any atom is 0.339 e. The minimum Gasteiger partial charge on any atom is -0.496 e. The van der Waals surface area contributed by atoms with Gasteiger partial charge in [0.15, 0.2) is 0 Å². The summed E-state index contributed by atoms with van der Waals surface area (Å²) < 4.78 is 5.00. The number of hydrogen-bond donors (Lipinski definition) is 1. The third kappa shape index (κ3) is 2.73. The van der Waals surface area contributed by atoms with Gasteiger partial charge in [-0.2, -0.15) is 0 Å². The number of alkyl halides is 1. The average molecular weight is 328 g/mol. The molecule has 1 amide bonds. The molecular formula is C13H14BrNO4. The van der Waals surface area contributed by atoms with E-state index in [2.05, 4.69) is 15.9 Å². The molecule has 1 N–H and O–H groups in total. The predicted octanol–water partition coefficient (Wildman–Crippen LogP) is 2.14. The molecule has 1 unspecified atom stereocenters. The third-order valence-corrected chi connectivity index (χ3v) is 4.06. The Morgan fingerprint density at radius 3 is 2.84 bits per heavy atom. The Hall–Kier alpha value is -1.56. The zero-order chi connectivity index (χ0) is 14.0. The smallest absolute Gasteiger partial charge is 0.339 e. The van der Waals surface area contributed by atoms with E-state index in [1.807, 2.05) is 0 Å². The van der Waals surface area contributed by atoms with Gasteiger partial charge < -0.3 is 14.7 Å². The summed E-state index contributed by atoms with van der Waals surface area (Å²) in [6.45, 7) is 0.607. The number of nitrogens with zero attached hydrogens (tertiary/aromatic N) is 1. The maximum absolute atomic E-state index is 11.9. The number of aromatic carboxylic acids is 1. The van der Waals surface area contributed by atoms with Crippen LogP contribution in [-0.4, -0.2) is 36.0 Å². The van der Waals surface area contributed by atoms with Gasteiger partial charge in [-0.3, -0.25) is 4.79 Å². The largest absolute Gasteiger partial charge is 0.496 e. The van der Waals surface area contributed by atoms with E-state index in [1.54, 1.807) is 17.0 Å². The highest BCUT2D eigenvalue weighted by molar-refractivity contribution is 9.09. The number of anilines is 1. The first-order chi connectivity index (χ1) is 9.06. The van der Waals surface area contributed by atoms with Crippen molar-refractivity contribution in [3.05, 3.63) is 23.8 Å². The van der Waals surface area contributed by atoms with Gasteiger partial charge in [0.25, 0.3) is 0 Å². The molecule has 1 aliphatic rings. The number of hydrogen-bond acceptors (Lipinski definition) is 3. The first kappa shape index (κ1) is 13.9. The Kier molecular flexibility index (Phi) is 4.09. The zero-order valence-electron chi connectivity index (χ0n) is 10.4. The van der Waals surface area contributed by atoms with Gasteiger partial charge in [0.1, 0.15) is 11.3 Å². The molecule has 0 radical (unpaired) electrons. The molecule has 1 aliphatic heterocycles. The lowest BCUT2D eigenvalue weighted by atomic mass is 10.1. The van der Waals surface area contributed by atoms with Gasteiger partial charge in [0.2, 0.25) is 5.91 Å². The van der Waals surface area contributed by atoms with Crippen LogP contribution in [0.1, 0.15) is 16.8 Å². The van der Waals surface area contributed by atoms with Crippen LogP contribution in [0.2, 0.25) is 0 Å². The molecule has 19 heavy (non-hydrogen) atoms. The molecule has 102 valence electrons. The molecule has 1 aromatic rings. The minimum absolute atomic E-state index is 0.0194. The number of carbonyl (C=O) groups is 2. The Bertz CT molecular complexity index is 517. The highest BCUT2D eigenvalue weighted by Crippen LogP contribution is 2.30. The van der Waals surface area contributed by atoms with E-state index >= 15 is 0 Å². The van der Waals surface area contributed by atoms with Crippen LogP contribution >= 0.6 is 15.9 Å². The van der Waals surface area contributed by atoms with E-state index in [4.69, 9.17) is 9.84 Å². The van der Waals surface area contributed by atoms with E-state index in [0.29, 0.717) is 24.4 Å². The van der Waals surface area contributed by atoms with Crippen LogP contribution in [0.5, 0.6) is 5.75 Å². The second-order valence-corrected chi connectivity index (χ2v) is 5.07. The van der Waals surface area contributed by atoms with Gasteiger partial charge in [-0.1, -0.05) is 15.9 Å². The number of rotatable bonds is 4. The predicted molar refractivity (Wildman–Crippen MR) is 74.2 cm³/mol. The lowest BCUT2D eigenvalue weighted by Gasteiger charge is -2.18. The van der Waals surface area contributed by atoms with E-state index < -0.39 is 5.97 Å². The van der Waals surface area contributed by atoms with Crippen LogP contribution in [0, 0.1) is 5.92 Å². The lowest BCUT2D eigenvalue weighted by molar-refractivity contribution is -0.117. The highest BCUT2D eigenvalue weighted by atomic mass is 79.9. The summed E-state index contributed by atoms with van der Waals surface area (Å²) in [5.41, 5.74) is 0.668. The number of carbonyl (C=O) groups excluding carboxylic acids is 1. The topological polar surface area (TPSA) is 66.8 Å². The molecule has 6 heteroatoms. The molecule has 2 rings (SSSR count). The van der Waals surface area contributed by atoms with E-state index in [-0.39, 0.29) is 17.4 Å². The Labute approximate surface area is 119 Å². The maximum atomic E-state index is 11.9. The second-order valence-electron chi connectivity index (χ2n) is 4.42. The lowest BCUT2D eigenvalue weighted by Crippen LogP contribution is -2.25. The van der Waals surface area contributed by atoms with Crippen LogP contribution in [-0.2, 0) is 4.79 Å². The number of benzene rings is 1. The first-order valence-corrected chi connectivity index (χ1v) is 6.96. The molecule has 0 spiro atoms. The van der Waals surface area contributed by atoms with E-state index in [9.17, 15) is 9.59 Å². The highest BCUT2D eigenvalue weighted by Gasteiger charge is 2.30. The Balaban J connectivity index is 2.33. The van der Waals surface area contributed by atoms with Crippen molar-refractivity contribution in [2.45, 2.75) is 6.42 Å². The zero-order valence-corrected chi connectivity index (χ0v) is 12.0. The third-order valence-electron chi connectivity index (χ3n) is 3.15. The number of methoxy groups -OCH3 is 1. The van der Waals surface area contributed by atoms with Crippen LogP contribution in [0.4, 0.5) is 5.69 Å². The fourth-order valence-corrected chi connectivity index (χ4v) is 2.60. The SMILES string of the molecule is COc1ccc(N2CC(CBr)CC2=O)cc1C(=O)O. The van der Waals surface area contributed by atoms with Gasteiger partial charge >= 0.3 is 5.97 Å². The van der Waals surface area contributed by atoms with Gasteiger partial charge in [-0.05, 0) is 24.1 Å². The number of carboxylic acid groups (broad SMARTS) is 1. The molecule has 1 fully saturated rings.